The summed E-state index contributed by atoms with van der Waals surface area (Å²) < 4.78 is 148. The zero-order chi connectivity index (χ0) is 80.3. The third-order valence-electron chi connectivity index (χ3n) is 21.2. The van der Waals surface area contributed by atoms with Crippen molar-refractivity contribution in [2.75, 3.05) is 0 Å². The molecule has 0 radical (unpaired) electrons. The van der Waals surface area contributed by atoms with E-state index in [1.54, 1.807) is 0 Å². The summed E-state index contributed by atoms with van der Waals surface area (Å²) in [5.41, 5.74) is 3.29. The van der Waals surface area contributed by atoms with Crippen LogP contribution < -0.4 is 12.6 Å². The molecule has 3 aliphatic heterocycles. The molecule has 3 aliphatic rings. The maximum Gasteiger partial charge on any atom is 0.498 e. The average Bonchev–Trinajstić information content (AvgIpc) is 0.753. The average molecular weight is 1730 g/mol. The van der Waals surface area contributed by atoms with Crippen LogP contribution in [0.3, 0.4) is 0 Å². The van der Waals surface area contributed by atoms with Crippen molar-refractivity contribution in [1.82, 2.24) is 0 Å². The Hall–Kier alpha value is -7.06. The van der Waals surface area contributed by atoms with Crippen molar-refractivity contribution in [3.05, 3.63) is 218 Å². The maximum atomic E-state index is 8.68. The van der Waals surface area contributed by atoms with E-state index in [4.69, 9.17) is 74.9 Å². The second-order valence-electron chi connectivity index (χ2n) is 34.3. The Bertz CT molecular complexity index is 5520. The van der Waals surface area contributed by atoms with Crippen LogP contribution in [0.15, 0.2) is 244 Å². The van der Waals surface area contributed by atoms with Gasteiger partial charge in [-0.15, -0.1) is 0 Å². The van der Waals surface area contributed by atoms with E-state index < -0.39 is 86.4 Å². The largest absolute Gasteiger partial charge is 0.498 e. The van der Waals surface area contributed by atoms with E-state index in [9.17, 15) is 0 Å². The van der Waals surface area contributed by atoms with E-state index in [1.165, 1.54) is 0 Å². The monoisotopic (exact) mass is 1730 g/mol. The SMILES string of the molecule is CC(C)C[Si]1(Op2oc3ccc4ccccc4c3c3c(ccc4ccccc43)o2)O[Si]2(CC(C)C)O[Si](CC(C)C)(Op3oc4ccc5ccccc5c4c4c(ccc5ccccc54)o3)O[Si]3(CC(C)C)O[Si](CC(C)C)(Op4oc5ccc6ccccc6c5c5c(ccc6ccccc65)o4)O[Si](CC(C)C)(O1)O[Si](CC(C)C)(O2)O3. The summed E-state index contributed by atoms with van der Waals surface area (Å²) in [5.74, 6) is -1.41. The molecule has 12 aromatic carbocycles. The van der Waals surface area contributed by atoms with Crippen LogP contribution in [0.25, 0.3) is 130 Å². The summed E-state index contributed by atoms with van der Waals surface area (Å²) in [5, 5.41) is 17.2. The van der Waals surface area contributed by atoms with Crippen LogP contribution in [-0.4, -0.2) is 61.6 Å². The molecule has 0 atom stereocenters. The molecular formula is C88H99O18P3Si7. The van der Waals surface area contributed by atoms with Crippen molar-refractivity contribution in [2.45, 2.75) is 139 Å². The highest BCUT2D eigenvalue weighted by atomic mass is 31.1. The third kappa shape index (κ3) is 15.6. The molecule has 3 saturated heterocycles. The highest BCUT2D eigenvalue weighted by Crippen LogP contribution is 2.56. The Balaban J connectivity index is 0.958. The van der Waals surface area contributed by atoms with E-state index in [0.717, 1.165) is 97.0 Å². The number of hydrogen-bond acceptors (Lipinski definition) is 18. The van der Waals surface area contributed by atoms with E-state index in [2.05, 4.69) is 279 Å². The summed E-state index contributed by atoms with van der Waals surface area (Å²) in [4.78, 5) is 0. The number of hydrogen-bond donors (Lipinski definition) is 0. The summed E-state index contributed by atoms with van der Waals surface area (Å²) in [6, 6.07) is 75.9. The van der Waals surface area contributed by atoms with Gasteiger partial charge in [-0.05, 0) is 142 Å². The Kier molecular flexibility index (Phi) is 21.7. The summed E-state index contributed by atoms with van der Waals surface area (Å²) >= 11 is 0. The van der Waals surface area contributed by atoms with Gasteiger partial charge < -0.3 is 62.2 Å². The zero-order valence-corrected chi connectivity index (χ0v) is 77.6. The van der Waals surface area contributed by atoms with Gasteiger partial charge >= 0.3 is 86.4 Å². The second-order valence-corrected chi connectivity index (χ2v) is 58.7. The molecule has 0 spiro atoms. The Morgan fingerprint density at radius 2 is 0.371 bits per heavy atom. The standard InChI is InChI=1S/C88H99O18P3Si7/c1-58(2)51-110(95-107-89-77-45-39-65-27-15-21-33-71(65)83(77)84-72-34-22-16-28-66(72)40-46-78(84)90-107)98-113(54-61(7)8)100-111(52-59(3)4,96-108-91-79-47-41-67-29-17-23-35-73(67)85(79)86-74-36-24-18-30-68(74)42-48-80(86)92-108)102-115(56-63(11)12)103-112(53-60(5)6,101-114(99-110,55-62(9)10)105-116(104-113,106-115)57-64(13)14)97-109-93-81-49-43-69-31-19-25-37-75(69)87(81)88-76-38-26-20-32-70(76)44-50-82(88)94-109/h15-50,58-64H,51-57H2,1-14H3. The summed E-state index contributed by atoms with van der Waals surface area (Å²) in [6.45, 7) is 30.0. The van der Waals surface area contributed by atoms with Crippen molar-refractivity contribution in [1.29, 1.82) is 0 Å². The lowest BCUT2D eigenvalue weighted by Gasteiger charge is -2.58. The van der Waals surface area contributed by atoms with E-state index >= 15 is 0 Å². The first-order valence-corrected chi connectivity index (χ1v) is 57.6. The van der Waals surface area contributed by atoms with Crippen molar-refractivity contribution < 1.29 is 74.9 Å². The minimum absolute atomic E-state index is 0.141. The Morgan fingerprint density at radius 1 is 0.207 bits per heavy atom. The Labute approximate surface area is 685 Å². The van der Waals surface area contributed by atoms with Crippen LogP contribution in [0.2, 0.25) is 42.3 Å². The molecule has 0 amide bonds. The van der Waals surface area contributed by atoms with Crippen LogP contribution >= 0.6 is 24.7 Å². The molecule has 116 heavy (non-hydrogen) atoms. The lowest BCUT2D eigenvalue weighted by Crippen LogP contribution is -2.84. The van der Waals surface area contributed by atoms with Crippen molar-refractivity contribution in [2.24, 2.45) is 41.4 Å². The lowest BCUT2D eigenvalue weighted by molar-refractivity contribution is 0.0139. The number of rotatable bonds is 20. The smallest absolute Gasteiger partial charge is 0.399 e. The molecule has 4 bridgehead atoms. The first kappa shape index (κ1) is 80.0. The van der Waals surface area contributed by atoms with Crippen LogP contribution in [-0.2, 0) is 37.0 Å². The highest BCUT2D eigenvalue weighted by Gasteiger charge is 2.79. The summed E-state index contributed by atoms with van der Waals surface area (Å²) in [6.07, 6.45) is 0. The molecule has 15 aromatic rings. The van der Waals surface area contributed by atoms with Gasteiger partial charge in [0.2, 0.25) is 0 Å². The normalized spacial score (nSPS) is 23.6. The summed E-state index contributed by atoms with van der Waals surface area (Å²) in [7, 11) is -41.7. The number of benzene rings is 12. The van der Waals surface area contributed by atoms with Gasteiger partial charge in [0.05, 0.1) is 0 Å². The minimum Gasteiger partial charge on any atom is -0.399 e. The molecular weight excluding hydrogens is 1630 g/mol. The topological polar surface area (TPSA) is 190 Å². The fourth-order valence-corrected chi connectivity index (χ4v) is 65.0. The van der Waals surface area contributed by atoms with Crippen molar-refractivity contribution in [3.63, 3.8) is 0 Å². The van der Waals surface area contributed by atoms with Gasteiger partial charge in [-0.2, -0.15) is 0 Å². The molecule has 0 unspecified atom stereocenters. The van der Waals surface area contributed by atoms with E-state index in [-0.39, 0.29) is 83.7 Å². The third-order valence-corrected chi connectivity index (χ3v) is 60.0. The quantitative estimate of drug-likeness (QED) is 0.0654. The van der Waals surface area contributed by atoms with Crippen molar-refractivity contribution in [3.8, 4) is 0 Å². The van der Waals surface area contributed by atoms with Crippen LogP contribution in [0.1, 0.15) is 96.9 Å². The molecule has 3 aromatic heterocycles. The second kappa shape index (κ2) is 31.5. The molecule has 0 saturated carbocycles. The molecule has 0 aliphatic carbocycles. The molecule has 18 nitrogen and oxygen atoms in total. The zero-order valence-electron chi connectivity index (χ0n) is 68.0. The Morgan fingerprint density at radius 3 is 0.543 bits per heavy atom. The fourth-order valence-electron chi connectivity index (χ4n) is 17.4. The molecule has 602 valence electrons. The van der Waals surface area contributed by atoms with Gasteiger partial charge in [-0.3, -0.25) is 12.6 Å². The fraction of sp³-hybridized carbons (Fsp3) is 0.318. The minimum atomic E-state index is -4.92. The van der Waals surface area contributed by atoms with Gasteiger partial charge in [0, 0.05) is 74.6 Å². The first-order chi connectivity index (χ1) is 55.8. The van der Waals surface area contributed by atoms with Gasteiger partial charge in [0.25, 0.3) is 0 Å². The highest BCUT2D eigenvalue weighted by molar-refractivity contribution is 7.35. The first-order valence-electron chi connectivity index (χ1n) is 40.7. The van der Waals surface area contributed by atoms with Gasteiger partial charge in [0.15, 0.2) is 0 Å². The predicted octanol–water partition coefficient (Wildman–Crippen LogP) is 27.5. The van der Waals surface area contributed by atoms with E-state index in [0.29, 0.717) is 33.5 Å². The van der Waals surface area contributed by atoms with Gasteiger partial charge in [-0.1, -0.05) is 279 Å². The number of fused-ring (bicyclic) bond motifs is 24. The lowest BCUT2D eigenvalue weighted by atomic mass is 9.99. The predicted molar refractivity (Wildman–Crippen MR) is 481 cm³/mol. The van der Waals surface area contributed by atoms with Gasteiger partial charge in [0.1, 0.15) is 33.5 Å². The molecule has 0 N–H and O–H groups in total. The molecule has 3 fully saturated rings. The van der Waals surface area contributed by atoms with Crippen molar-refractivity contribution >= 4 is 217 Å². The molecule has 6 heterocycles. The van der Waals surface area contributed by atoms with Crippen LogP contribution in [0.5, 0.6) is 0 Å². The molecule has 18 rings (SSSR count). The van der Waals surface area contributed by atoms with Crippen LogP contribution in [0, 0.1) is 41.4 Å². The maximum absolute atomic E-state index is 8.68. The van der Waals surface area contributed by atoms with E-state index in [1.807, 2.05) is 36.4 Å². The van der Waals surface area contributed by atoms with Gasteiger partial charge in [-0.25, -0.2) is 0 Å². The molecule has 28 heteroatoms. The van der Waals surface area contributed by atoms with Crippen LogP contribution in [0.4, 0.5) is 0 Å².